The van der Waals surface area contributed by atoms with Gasteiger partial charge in [-0.2, -0.15) is 0 Å². The van der Waals surface area contributed by atoms with E-state index in [4.69, 9.17) is 4.74 Å². The maximum Gasteiger partial charge on any atom is 0.0920 e. The summed E-state index contributed by atoms with van der Waals surface area (Å²) >= 11 is 0. The van der Waals surface area contributed by atoms with Crippen molar-refractivity contribution >= 4 is 0 Å². The second-order valence-corrected chi connectivity index (χ2v) is 7.06. The van der Waals surface area contributed by atoms with Crippen LogP contribution in [0.25, 0.3) is 0 Å². The lowest BCUT2D eigenvalue weighted by atomic mass is 9.52. The smallest absolute Gasteiger partial charge is 0.0920 e. The number of hydrogen-bond acceptors (Lipinski definition) is 1. The van der Waals surface area contributed by atoms with Crippen molar-refractivity contribution in [1.82, 2.24) is 0 Å². The molecule has 2 aliphatic carbocycles. The third kappa shape index (κ3) is 1.48. The zero-order valence-corrected chi connectivity index (χ0v) is 10.9. The molecule has 0 amide bonds. The van der Waals surface area contributed by atoms with Gasteiger partial charge in [-0.3, -0.25) is 0 Å². The Morgan fingerprint density at radius 1 is 1.25 bits per heavy atom. The van der Waals surface area contributed by atoms with Gasteiger partial charge in [0, 0.05) is 0 Å². The summed E-state index contributed by atoms with van der Waals surface area (Å²) in [6.45, 7) is 11.5. The Hall–Kier alpha value is -0.300. The molecule has 3 fully saturated rings. The molecular weight excluding hydrogens is 196 g/mol. The van der Waals surface area contributed by atoms with Gasteiger partial charge in [0.25, 0.3) is 0 Å². The lowest BCUT2D eigenvalue weighted by Crippen LogP contribution is -2.44. The van der Waals surface area contributed by atoms with Crippen molar-refractivity contribution in [2.24, 2.45) is 17.3 Å². The molecule has 0 radical (unpaired) electrons. The van der Waals surface area contributed by atoms with Gasteiger partial charge in [-0.25, -0.2) is 0 Å². The van der Waals surface area contributed by atoms with Crippen LogP contribution >= 0.6 is 0 Å². The minimum Gasteiger partial charge on any atom is -0.366 e. The normalized spacial score (nSPS) is 50.2. The van der Waals surface area contributed by atoms with E-state index in [1.165, 1.54) is 37.7 Å². The first kappa shape index (κ1) is 10.8. The molecule has 0 aromatic rings. The standard InChI is InChI=1S/C15H24O/c1-10-5-6-13-15(4,16-13)8-7-12-11(10)9-14(12,2)3/h11-13H,1,5-9H2,2-4H3/t11-,12+,13-,15-/m1/s1. The van der Waals surface area contributed by atoms with E-state index in [0.717, 1.165) is 11.8 Å². The van der Waals surface area contributed by atoms with Crippen molar-refractivity contribution in [3.8, 4) is 0 Å². The lowest BCUT2D eigenvalue weighted by Gasteiger charge is -2.53. The van der Waals surface area contributed by atoms with Crippen molar-refractivity contribution in [1.29, 1.82) is 0 Å². The van der Waals surface area contributed by atoms with E-state index in [2.05, 4.69) is 27.4 Å². The highest BCUT2D eigenvalue weighted by atomic mass is 16.6. The number of hydrogen-bond donors (Lipinski definition) is 0. The molecule has 0 spiro atoms. The maximum absolute atomic E-state index is 5.86. The molecule has 4 atom stereocenters. The van der Waals surface area contributed by atoms with Crippen LogP contribution in [0.5, 0.6) is 0 Å². The molecule has 1 aliphatic heterocycles. The second kappa shape index (κ2) is 3.13. The Bertz CT molecular complexity index is 330. The minimum absolute atomic E-state index is 0.223. The Balaban J connectivity index is 1.78. The first-order chi connectivity index (χ1) is 7.42. The molecule has 0 N–H and O–H groups in total. The maximum atomic E-state index is 5.86. The number of allylic oxidation sites excluding steroid dienone is 1. The van der Waals surface area contributed by atoms with Crippen LogP contribution in [0.4, 0.5) is 0 Å². The summed E-state index contributed by atoms with van der Waals surface area (Å²) in [5, 5.41) is 0. The third-order valence-electron chi connectivity index (χ3n) is 5.47. The van der Waals surface area contributed by atoms with E-state index in [1.807, 2.05) is 0 Å². The van der Waals surface area contributed by atoms with Gasteiger partial charge in [0.2, 0.25) is 0 Å². The second-order valence-electron chi connectivity index (χ2n) is 7.06. The zero-order valence-electron chi connectivity index (χ0n) is 10.9. The van der Waals surface area contributed by atoms with Gasteiger partial charge in [-0.1, -0.05) is 26.0 Å². The van der Waals surface area contributed by atoms with E-state index in [0.29, 0.717) is 11.5 Å². The fourth-order valence-electron chi connectivity index (χ4n) is 4.08. The van der Waals surface area contributed by atoms with Crippen LogP contribution < -0.4 is 0 Å². The molecule has 3 rings (SSSR count). The first-order valence-corrected chi connectivity index (χ1v) is 6.78. The van der Waals surface area contributed by atoms with E-state index >= 15 is 0 Å². The average molecular weight is 220 g/mol. The highest BCUT2D eigenvalue weighted by molar-refractivity contribution is 5.16. The number of epoxide rings is 1. The SMILES string of the molecule is C=C1CC[C@H]2O[C@]2(C)CC[C@H]2[C@@H]1CC2(C)C. The van der Waals surface area contributed by atoms with Crippen molar-refractivity contribution in [3.63, 3.8) is 0 Å². The molecule has 90 valence electrons. The van der Waals surface area contributed by atoms with Crippen molar-refractivity contribution in [2.75, 3.05) is 0 Å². The quantitative estimate of drug-likeness (QED) is 0.445. The fraction of sp³-hybridized carbons (Fsp3) is 0.867. The molecule has 16 heavy (non-hydrogen) atoms. The van der Waals surface area contributed by atoms with E-state index in [9.17, 15) is 0 Å². The molecule has 1 heterocycles. The average Bonchev–Trinajstić information content (AvgIpc) is 2.82. The molecule has 1 nitrogen and oxygen atoms in total. The Morgan fingerprint density at radius 2 is 2.00 bits per heavy atom. The molecule has 1 heteroatoms. The van der Waals surface area contributed by atoms with E-state index < -0.39 is 0 Å². The Labute approximate surface area is 99.3 Å². The fourth-order valence-corrected chi connectivity index (χ4v) is 4.08. The van der Waals surface area contributed by atoms with E-state index in [1.54, 1.807) is 0 Å². The van der Waals surface area contributed by atoms with Gasteiger partial charge >= 0.3 is 0 Å². The van der Waals surface area contributed by atoms with E-state index in [-0.39, 0.29) is 5.60 Å². The molecular formula is C15H24O. The van der Waals surface area contributed by atoms with Crippen molar-refractivity contribution in [2.45, 2.75) is 64.6 Å². The molecule has 0 aromatic carbocycles. The Kier molecular flexibility index (Phi) is 2.12. The molecule has 3 aliphatic rings. The predicted octanol–water partition coefficient (Wildman–Crippen LogP) is 3.94. The van der Waals surface area contributed by atoms with Crippen LogP contribution in [0.15, 0.2) is 12.2 Å². The molecule has 0 aromatic heterocycles. The predicted molar refractivity (Wildman–Crippen MR) is 66.3 cm³/mol. The molecule has 0 unspecified atom stereocenters. The van der Waals surface area contributed by atoms with Crippen LogP contribution in [0, 0.1) is 17.3 Å². The summed E-state index contributed by atoms with van der Waals surface area (Å²) in [4.78, 5) is 0. The monoisotopic (exact) mass is 220 g/mol. The van der Waals surface area contributed by atoms with Crippen LogP contribution in [0.1, 0.15) is 52.9 Å². The van der Waals surface area contributed by atoms with Gasteiger partial charge in [0.05, 0.1) is 11.7 Å². The topological polar surface area (TPSA) is 12.5 Å². The van der Waals surface area contributed by atoms with Crippen LogP contribution in [0.2, 0.25) is 0 Å². The summed E-state index contributed by atoms with van der Waals surface area (Å²) in [5.41, 5.74) is 2.27. The molecule has 0 bridgehead atoms. The first-order valence-electron chi connectivity index (χ1n) is 6.78. The largest absolute Gasteiger partial charge is 0.366 e. The van der Waals surface area contributed by atoms with Crippen molar-refractivity contribution in [3.05, 3.63) is 12.2 Å². The van der Waals surface area contributed by atoms with Gasteiger partial charge in [0.15, 0.2) is 0 Å². The van der Waals surface area contributed by atoms with Crippen LogP contribution in [0.3, 0.4) is 0 Å². The Morgan fingerprint density at radius 3 is 2.69 bits per heavy atom. The summed E-state index contributed by atoms with van der Waals surface area (Å²) in [6, 6.07) is 0. The summed E-state index contributed by atoms with van der Waals surface area (Å²) in [6.07, 6.45) is 6.89. The van der Waals surface area contributed by atoms with Crippen LogP contribution in [-0.4, -0.2) is 11.7 Å². The number of fused-ring (bicyclic) bond motifs is 2. The zero-order chi connectivity index (χ0) is 11.6. The highest BCUT2D eigenvalue weighted by Crippen LogP contribution is 2.59. The summed E-state index contributed by atoms with van der Waals surface area (Å²) in [7, 11) is 0. The summed E-state index contributed by atoms with van der Waals surface area (Å²) in [5.74, 6) is 1.68. The molecule has 1 saturated heterocycles. The molecule has 2 saturated carbocycles. The number of ether oxygens (including phenoxy) is 1. The lowest BCUT2D eigenvalue weighted by molar-refractivity contribution is -0.00211. The van der Waals surface area contributed by atoms with Gasteiger partial charge < -0.3 is 4.74 Å². The van der Waals surface area contributed by atoms with Crippen molar-refractivity contribution < 1.29 is 4.74 Å². The van der Waals surface area contributed by atoms with Gasteiger partial charge in [-0.05, 0) is 56.3 Å². The third-order valence-corrected chi connectivity index (χ3v) is 5.47. The highest BCUT2D eigenvalue weighted by Gasteiger charge is 2.55. The minimum atomic E-state index is 0.223. The van der Waals surface area contributed by atoms with Crippen LogP contribution in [-0.2, 0) is 4.74 Å². The van der Waals surface area contributed by atoms with Gasteiger partial charge in [0.1, 0.15) is 0 Å². The number of rotatable bonds is 0. The summed E-state index contributed by atoms with van der Waals surface area (Å²) < 4.78 is 5.86. The van der Waals surface area contributed by atoms with Gasteiger partial charge in [-0.15, -0.1) is 0 Å².